The molecule has 4 nitrogen and oxygen atoms in total. The summed E-state index contributed by atoms with van der Waals surface area (Å²) in [7, 11) is 1.59. The van der Waals surface area contributed by atoms with E-state index in [1.807, 2.05) is 0 Å². The fraction of sp³-hybridized carbons (Fsp3) is 0.438. The van der Waals surface area contributed by atoms with Gasteiger partial charge in [0.05, 0.1) is 7.11 Å². The van der Waals surface area contributed by atoms with Crippen molar-refractivity contribution >= 4 is 12.0 Å². The number of carbonyl (C=O) groups is 1. The Bertz CT molecular complexity index is 420. The summed E-state index contributed by atoms with van der Waals surface area (Å²) in [6.07, 6.45) is 9.29. The normalized spacial score (nSPS) is 15.5. The second kappa shape index (κ2) is 9.15. The highest BCUT2D eigenvalue weighted by Gasteiger charge is 2.06. The third-order valence-corrected chi connectivity index (χ3v) is 3.18. The molecule has 0 atom stereocenters. The number of hydrogen-bond acceptors (Lipinski definition) is 3. The van der Waals surface area contributed by atoms with Crippen LogP contribution >= 0.6 is 0 Å². The first-order valence-corrected chi connectivity index (χ1v) is 6.92. The summed E-state index contributed by atoms with van der Waals surface area (Å²) in [6.45, 7) is 0. The minimum Gasteiger partial charge on any atom is -0.497 e. The number of methoxy groups -OCH3 is 1. The zero-order valence-corrected chi connectivity index (χ0v) is 11.9. The van der Waals surface area contributed by atoms with E-state index < -0.39 is 5.97 Å². The minimum absolute atomic E-state index is 0.536. The number of carboxylic acids is 1. The van der Waals surface area contributed by atoms with Crippen LogP contribution in [0.5, 0.6) is 5.75 Å². The van der Waals surface area contributed by atoms with Crippen LogP contribution in [-0.4, -0.2) is 24.2 Å². The fourth-order valence-corrected chi connectivity index (χ4v) is 2.02. The number of aliphatic carboxylic acids is 1. The summed E-state index contributed by atoms with van der Waals surface area (Å²) in [5, 5.41) is 8.36. The number of ether oxygens (including phenoxy) is 1. The predicted molar refractivity (Wildman–Crippen MR) is 80.7 cm³/mol. The van der Waals surface area contributed by atoms with Gasteiger partial charge in [-0.2, -0.15) is 0 Å². The smallest absolute Gasteiger partial charge is 0.328 e. The van der Waals surface area contributed by atoms with E-state index >= 15 is 0 Å². The molecule has 2 rings (SSSR count). The van der Waals surface area contributed by atoms with Crippen molar-refractivity contribution in [3.8, 4) is 5.75 Å². The van der Waals surface area contributed by atoms with Crippen LogP contribution in [0.3, 0.4) is 0 Å². The summed E-state index contributed by atoms with van der Waals surface area (Å²) in [4.78, 5) is 10.2. The van der Waals surface area contributed by atoms with Gasteiger partial charge < -0.3 is 15.6 Å². The van der Waals surface area contributed by atoms with E-state index in [4.69, 9.17) is 15.6 Å². The van der Waals surface area contributed by atoms with Gasteiger partial charge in [-0.3, -0.25) is 0 Å². The monoisotopic (exact) mass is 277 g/mol. The van der Waals surface area contributed by atoms with E-state index in [9.17, 15) is 4.79 Å². The van der Waals surface area contributed by atoms with Gasteiger partial charge in [-0.25, -0.2) is 4.79 Å². The lowest BCUT2D eigenvalue weighted by atomic mass is 9.97. The molecule has 20 heavy (non-hydrogen) atoms. The lowest BCUT2D eigenvalue weighted by molar-refractivity contribution is -0.131. The van der Waals surface area contributed by atoms with Crippen LogP contribution in [0, 0.1) is 0 Å². The van der Waals surface area contributed by atoms with Gasteiger partial charge in [0, 0.05) is 12.1 Å². The zero-order chi connectivity index (χ0) is 14.8. The van der Waals surface area contributed by atoms with Crippen LogP contribution < -0.4 is 10.5 Å². The first-order chi connectivity index (χ1) is 9.61. The molecule has 0 bridgehead atoms. The standard InChI is InChI=1S/C10H10O3.C6H13N/c1-13-9-5-2-8(3-6-9)4-7-10(11)12;7-6-4-2-1-3-5-6/h2-7H,1H3,(H,11,12);6H,1-5,7H2. The molecule has 0 aliphatic heterocycles. The third-order valence-electron chi connectivity index (χ3n) is 3.18. The highest BCUT2D eigenvalue weighted by Crippen LogP contribution is 2.14. The van der Waals surface area contributed by atoms with E-state index in [0.717, 1.165) is 17.4 Å². The summed E-state index contributed by atoms with van der Waals surface area (Å²) < 4.78 is 4.95. The summed E-state index contributed by atoms with van der Waals surface area (Å²) in [5.74, 6) is -0.191. The molecule has 0 spiro atoms. The van der Waals surface area contributed by atoms with Crippen LogP contribution in [-0.2, 0) is 4.79 Å². The topological polar surface area (TPSA) is 72.5 Å². The summed E-state index contributed by atoms with van der Waals surface area (Å²) in [5.41, 5.74) is 6.47. The molecule has 1 saturated carbocycles. The molecule has 0 saturated heterocycles. The SMILES string of the molecule is COc1ccc(C=CC(=O)O)cc1.NC1CCCCC1. The molecule has 0 unspecified atom stereocenters. The number of nitrogens with two attached hydrogens (primary N) is 1. The highest BCUT2D eigenvalue weighted by atomic mass is 16.5. The second-order valence-corrected chi connectivity index (χ2v) is 4.84. The van der Waals surface area contributed by atoms with E-state index in [1.54, 1.807) is 31.4 Å². The Kier molecular flexibility index (Phi) is 7.43. The van der Waals surface area contributed by atoms with Crippen molar-refractivity contribution in [2.24, 2.45) is 5.73 Å². The van der Waals surface area contributed by atoms with Gasteiger partial charge in [0.15, 0.2) is 0 Å². The maximum absolute atomic E-state index is 10.2. The Balaban J connectivity index is 0.000000240. The van der Waals surface area contributed by atoms with Gasteiger partial charge in [-0.1, -0.05) is 31.4 Å². The molecule has 3 N–H and O–H groups in total. The molecule has 0 amide bonds. The van der Waals surface area contributed by atoms with E-state index in [1.165, 1.54) is 38.2 Å². The molecule has 1 aromatic carbocycles. The largest absolute Gasteiger partial charge is 0.497 e. The van der Waals surface area contributed by atoms with Crippen LogP contribution in [0.1, 0.15) is 37.7 Å². The highest BCUT2D eigenvalue weighted by molar-refractivity contribution is 5.85. The van der Waals surface area contributed by atoms with E-state index in [0.29, 0.717) is 6.04 Å². The minimum atomic E-state index is -0.948. The van der Waals surface area contributed by atoms with Crippen molar-refractivity contribution in [1.82, 2.24) is 0 Å². The molecular weight excluding hydrogens is 254 g/mol. The number of benzene rings is 1. The molecule has 1 aliphatic carbocycles. The van der Waals surface area contributed by atoms with Crippen molar-refractivity contribution in [3.63, 3.8) is 0 Å². The summed E-state index contributed by atoms with van der Waals surface area (Å²) >= 11 is 0. The predicted octanol–water partition coefficient (Wildman–Crippen LogP) is 3.07. The average Bonchev–Trinajstić information content (AvgIpc) is 2.47. The molecule has 1 aliphatic rings. The quantitative estimate of drug-likeness (QED) is 0.833. The number of carboxylic acid groups (broad SMARTS) is 1. The first kappa shape index (κ1) is 16.2. The lowest BCUT2D eigenvalue weighted by Gasteiger charge is -2.15. The Morgan fingerprint density at radius 1 is 1.25 bits per heavy atom. The van der Waals surface area contributed by atoms with Crippen LogP contribution in [0.25, 0.3) is 6.08 Å². The van der Waals surface area contributed by atoms with Crippen molar-refractivity contribution in [2.75, 3.05) is 7.11 Å². The van der Waals surface area contributed by atoms with Gasteiger partial charge in [-0.15, -0.1) is 0 Å². The van der Waals surface area contributed by atoms with E-state index in [2.05, 4.69) is 0 Å². The Labute approximate surface area is 120 Å². The van der Waals surface area contributed by atoms with Crippen molar-refractivity contribution < 1.29 is 14.6 Å². The molecule has 0 heterocycles. The Hall–Kier alpha value is -1.81. The first-order valence-electron chi connectivity index (χ1n) is 6.92. The molecule has 0 radical (unpaired) electrons. The lowest BCUT2D eigenvalue weighted by Crippen LogP contribution is -2.22. The van der Waals surface area contributed by atoms with Crippen LogP contribution in [0.2, 0.25) is 0 Å². The molecule has 1 aromatic rings. The molecule has 110 valence electrons. The summed E-state index contributed by atoms with van der Waals surface area (Å²) in [6, 6.07) is 7.67. The number of hydrogen-bond donors (Lipinski definition) is 2. The third kappa shape index (κ3) is 6.95. The Morgan fingerprint density at radius 2 is 1.85 bits per heavy atom. The second-order valence-electron chi connectivity index (χ2n) is 4.84. The van der Waals surface area contributed by atoms with Gasteiger partial charge in [-0.05, 0) is 36.6 Å². The zero-order valence-electron chi connectivity index (χ0n) is 11.9. The van der Waals surface area contributed by atoms with Crippen LogP contribution in [0.15, 0.2) is 30.3 Å². The van der Waals surface area contributed by atoms with E-state index in [-0.39, 0.29) is 0 Å². The maximum Gasteiger partial charge on any atom is 0.328 e. The fourth-order valence-electron chi connectivity index (χ4n) is 2.02. The number of rotatable bonds is 3. The van der Waals surface area contributed by atoms with Crippen molar-refractivity contribution in [2.45, 2.75) is 38.1 Å². The van der Waals surface area contributed by atoms with Gasteiger partial charge in [0.25, 0.3) is 0 Å². The van der Waals surface area contributed by atoms with Gasteiger partial charge in [0.1, 0.15) is 5.75 Å². The van der Waals surface area contributed by atoms with Gasteiger partial charge >= 0.3 is 5.97 Å². The van der Waals surface area contributed by atoms with Crippen LogP contribution in [0.4, 0.5) is 0 Å². The maximum atomic E-state index is 10.2. The average molecular weight is 277 g/mol. The molecule has 0 aromatic heterocycles. The molecular formula is C16H23NO3. The van der Waals surface area contributed by atoms with Gasteiger partial charge in [0.2, 0.25) is 0 Å². The van der Waals surface area contributed by atoms with Crippen molar-refractivity contribution in [1.29, 1.82) is 0 Å². The Morgan fingerprint density at radius 3 is 2.25 bits per heavy atom. The molecule has 4 heteroatoms. The molecule has 1 fully saturated rings. The van der Waals surface area contributed by atoms with Crippen molar-refractivity contribution in [3.05, 3.63) is 35.9 Å².